The van der Waals surface area contributed by atoms with E-state index >= 15 is 0 Å². The van der Waals surface area contributed by atoms with Gasteiger partial charge in [-0.15, -0.1) is 10.2 Å². The first kappa shape index (κ1) is 20.8. The number of rotatable bonds is 8. The number of aromatic nitrogens is 5. The van der Waals surface area contributed by atoms with Crippen LogP contribution in [-0.4, -0.2) is 36.2 Å². The van der Waals surface area contributed by atoms with E-state index in [0.29, 0.717) is 17.5 Å². The Kier molecular flexibility index (Phi) is 6.03. The van der Waals surface area contributed by atoms with Gasteiger partial charge in [-0.05, 0) is 24.3 Å². The summed E-state index contributed by atoms with van der Waals surface area (Å²) in [6.07, 6.45) is 3.25. The molecule has 5 aromatic rings. The second-order valence-electron chi connectivity index (χ2n) is 7.19. The van der Waals surface area contributed by atoms with Crippen LogP contribution in [0.3, 0.4) is 0 Å². The number of carbonyl (C=O) groups excluding carboxylic acids is 1. The number of hydrogen-bond donors (Lipinski definition) is 1. The van der Waals surface area contributed by atoms with Gasteiger partial charge in [0.25, 0.3) is 0 Å². The van der Waals surface area contributed by atoms with Crippen molar-refractivity contribution in [3.05, 3.63) is 97.2 Å². The SMILES string of the molecule is O=C(CSc1nncn1Cc1ccco1)Nc1cc(-c2ccccc2)nn1-c1ccccc1. The zero-order valence-corrected chi connectivity index (χ0v) is 18.4. The topological polar surface area (TPSA) is 90.8 Å². The molecule has 164 valence electrons. The molecule has 0 radical (unpaired) electrons. The third kappa shape index (κ3) is 4.88. The highest BCUT2D eigenvalue weighted by atomic mass is 32.2. The first-order valence-corrected chi connectivity index (χ1v) is 11.3. The molecule has 33 heavy (non-hydrogen) atoms. The van der Waals surface area contributed by atoms with E-state index in [2.05, 4.69) is 15.5 Å². The highest BCUT2D eigenvalue weighted by molar-refractivity contribution is 7.99. The van der Waals surface area contributed by atoms with Crippen molar-refractivity contribution in [3.8, 4) is 16.9 Å². The summed E-state index contributed by atoms with van der Waals surface area (Å²) in [6.45, 7) is 0.505. The molecular weight excluding hydrogens is 436 g/mol. The lowest BCUT2D eigenvalue weighted by atomic mass is 10.2. The van der Waals surface area contributed by atoms with E-state index in [1.165, 1.54) is 11.8 Å². The van der Waals surface area contributed by atoms with Gasteiger partial charge in [-0.2, -0.15) is 5.10 Å². The molecule has 9 heteroatoms. The summed E-state index contributed by atoms with van der Waals surface area (Å²) < 4.78 is 8.97. The fraction of sp³-hybridized carbons (Fsp3) is 0.0833. The average Bonchev–Trinajstić information content (AvgIpc) is 3.61. The molecule has 0 fully saturated rings. The van der Waals surface area contributed by atoms with Gasteiger partial charge in [0.1, 0.15) is 17.9 Å². The number of benzene rings is 2. The lowest BCUT2D eigenvalue weighted by molar-refractivity contribution is -0.113. The van der Waals surface area contributed by atoms with E-state index in [0.717, 1.165) is 22.7 Å². The summed E-state index contributed by atoms with van der Waals surface area (Å²) in [5, 5.41) is 16.4. The standard InChI is InChI=1S/C24H20N6O2S/c31-23(16-33-24-27-25-17-29(24)15-20-12-7-13-32-20)26-22-14-21(18-8-3-1-4-9-18)28-30(22)19-10-5-2-6-11-19/h1-14,17H,15-16H2,(H,26,31). The van der Waals surface area contributed by atoms with Gasteiger partial charge < -0.3 is 14.3 Å². The second kappa shape index (κ2) is 9.58. The minimum atomic E-state index is -0.163. The Balaban J connectivity index is 1.32. The van der Waals surface area contributed by atoms with E-state index in [9.17, 15) is 4.79 Å². The maximum absolute atomic E-state index is 12.8. The Labute approximate surface area is 194 Å². The van der Waals surface area contributed by atoms with Crippen LogP contribution >= 0.6 is 11.8 Å². The lowest BCUT2D eigenvalue weighted by Crippen LogP contribution is -2.17. The summed E-state index contributed by atoms with van der Waals surface area (Å²) in [6, 6.07) is 25.2. The first-order chi connectivity index (χ1) is 16.3. The minimum Gasteiger partial charge on any atom is -0.467 e. The zero-order valence-electron chi connectivity index (χ0n) is 17.5. The van der Waals surface area contributed by atoms with E-state index in [1.807, 2.05) is 83.4 Å². The van der Waals surface area contributed by atoms with Crippen LogP contribution in [0.25, 0.3) is 16.9 Å². The van der Waals surface area contributed by atoms with Crippen molar-refractivity contribution in [2.45, 2.75) is 11.7 Å². The van der Waals surface area contributed by atoms with Crippen molar-refractivity contribution in [3.63, 3.8) is 0 Å². The van der Waals surface area contributed by atoms with Gasteiger partial charge in [0.2, 0.25) is 5.91 Å². The van der Waals surface area contributed by atoms with Crippen molar-refractivity contribution in [2.24, 2.45) is 0 Å². The normalized spacial score (nSPS) is 10.9. The Hall–Kier alpha value is -4.11. The molecule has 0 aliphatic rings. The molecule has 3 heterocycles. The number of carbonyl (C=O) groups is 1. The molecule has 1 N–H and O–H groups in total. The molecule has 2 aromatic carbocycles. The van der Waals surface area contributed by atoms with Crippen LogP contribution in [0, 0.1) is 0 Å². The van der Waals surface area contributed by atoms with Crippen molar-refractivity contribution in [1.82, 2.24) is 24.5 Å². The van der Waals surface area contributed by atoms with E-state index in [1.54, 1.807) is 17.3 Å². The molecule has 0 bridgehead atoms. The van der Waals surface area contributed by atoms with Gasteiger partial charge in [0.15, 0.2) is 5.16 Å². The van der Waals surface area contributed by atoms with Crippen molar-refractivity contribution >= 4 is 23.5 Å². The Bertz CT molecular complexity index is 1330. The maximum Gasteiger partial charge on any atom is 0.236 e. The quantitative estimate of drug-likeness (QED) is 0.346. The molecule has 0 aliphatic heterocycles. The predicted octanol–water partition coefficient (Wildman–Crippen LogP) is 4.50. The number of para-hydroxylation sites is 1. The molecule has 0 atom stereocenters. The monoisotopic (exact) mass is 456 g/mol. The Morgan fingerprint density at radius 1 is 1.00 bits per heavy atom. The third-order valence-electron chi connectivity index (χ3n) is 4.87. The molecule has 0 saturated heterocycles. The fourth-order valence-corrected chi connectivity index (χ4v) is 4.04. The summed E-state index contributed by atoms with van der Waals surface area (Å²) in [7, 11) is 0. The number of anilines is 1. The number of furan rings is 1. The van der Waals surface area contributed by atoms with Gasteiger partial charge in [-0.3, -0.25) is 4.79 Å². The van der Waals surface area contributed by atoms with Gasteiger partial charge in [-0.1, -0.05) is 60.3 Å². The van der Waals surface area contributed by atoms with Crippen molar-refractivity contribution in [1.29, 1.82) is 0 Å². The average molecular weight is 457 g/mol. The largest absolute Gasteiger partial charge is 0.467 e. The smallest absolute Gasteiger partial charge is 0.236 e. The molecule has 1 amide bonds. The number of amides is 1. The molecule has 0 spiro atoms. The minimum absolute atomic E-state index is 0.163. The maximum atomic E-state index is 12.8. The molecule has 5 rings (SSSR count). The van der Waals surface area contributed by atoms with Gasteiger partial charge in [0, 0.05) is 11.6 Å². The lowest BCUT2D eigenvalue weighted by Gasteiger charge is -2.09. The van der Waals surface area contributed by atoms with E-state index in [4.69, 9.17) is 9.52 Å². The highest BCUT2D eigenvalue weighted by Crippen LogP contribution is 2.25. The molecule has 8 nitrogen and oxygen atoms in total. The van der Waals surface area contributed by atoms with Crippen LogP contribution in [0.4, 0.5) is 5.82 Å². The third-order valence-corrected chi connectivity index (χ3v) is 5.85. The zero-order chi connectivity index (χ0) is 22.5. The Morgan fingerprint density at radius 2 is 1.79 bits per heavy atom. The molecular formula is C24H20N6O2S. The van der Waals surface area contributed by atoms with Crippen LogP contribution in [0.15, 0.2) is 101 Å². The molecule has 0 unspecified atom stereocenters. The number of thioether (sulfide) groups is 1. The molecule has 0 aliphatic carbocycles. The van der Waals surface area contributed by atoms with Crippen LogP contribution in [0.1, 0.15) is 5.76 Å². The van der Waals surface area contributed by atoms with Gasteiger partial charge >= 0.3 is 0 Å². The first-order valence-electron chi connectivity index (χ1n) is 10.3. The van der Waals surface area contributed by atoms with Crippen LogP contribution < -0.4 is 5.32 Å². The van der Waals surface area contributed by atoms with Gasteiger partial charge in [-0.25, -0.2) is 4.68 Å². The van der Waals surface area contributed by atoms with Gasteiger partial charge in [0.05, 0.1) is 29.9 Å². The van der Waals surface area contributed by atoms with Crippen molar-refractivity contribution in [2.75, 3.05) is 11.1 Å². The summed E-state index contributed by atoms with van der Waals surface area (Å²) in [5.74, 6) is 1.41. The summed E-state index contributed by atoms with van der Waals surface area (Å²) >= 11 is 1.31. The van der Waals surface area contributed by atoms with Crippen LogP contribution in [0.2, 0.25) is 0 Å². The summed E-state index contributed by atoms with van der Waals surface area (Å²) in [5.41, 5.74) is 2.62. The number of nitrogens with zero attached hydrogens (tertiary/aromatic N) is 5. The summed E-state index contributed by atoms with van der Waals surface area (Å²) in [4.78, 5) is 12.8. The number of nitrogens with one attached hydrogen (secondary N) is 1. The highest BCUT2D eigenvalue weighted by Gasteiger charge is 2.15. The fourth-order valence-electron chi connectivity index (χ4n) is 3.33. The Morgan fingerprint density at radius 3 is 2.55 bits per heavy atom. The number of hydrogen-bond acceptors (Lipinski definition) is 6. The molecule has 0 saturated carbocycles. The van der Waals surface area contributed by atoms with Crippen molar-refractivity contribution < 1.29 is 9.21 Å². The second-order valence-corrected chi connectivity index (χ2v) is 8.13. The molecule has 3 aromatic heterocycles. The van der Waals surface area contributed by atoms with Crippen LogP contribution in [-0.2, 0) is 11.3 Å². The van der Waals surface area contributed by atoms with E-state index in [-0.39, 0.29) is 11.7 Å². The van der Waals surface area contributed by atoms with E-state index < -0.39 is 0 Å². The van der Waals surface area contributed by atoms with Crippen LogP contribution in [0.5, 0.6) is 0 Å². The predicted molar refractivity (Wildman–Crippen MR) is 126 cm³/mol.